The molecular weight excluding hydrogens is 380 g/mol. The molecule has 0 radical (unpaired) electrons. The third kappa shape index (κ3) is 3.75. The molecule has 2 aromatic carbocycles. The highest BCUT2D eigenvalue weighted by Crippen LogP contribution is 2.42. The largest absolute Gasteiger partial charge is 0.341 e. The minimum atomic E-state index is -0.161. The Hall–Kier alpha value is -2.24. The first-order valence-electron chi connectivity index (χ1n) is 8.96. The molecule has 2 aliphatic heterocycles. The Morgan fingerprint density at radius 2 is 1.78 bits per heavy atom. The number of hydrogen-bond donors (Lipinski definition) is 0. The van der Waals surface area contributed by atoms with E-state index < -0.39 is 0 Å². The molecular formula is C21H19ClN2O2S. The molecule has 6 heteroatoms. The molecule has 2 heterocycles. The van der Waals surface area contributed by atoms with Crippen molar-refractivity contribution in [2.75, 3.05) is 24.5 Å². The zero-order valence-corrected chi connectivity index (χ0v) is 16.3. The van der Waals surface area contributed by atoms with Crippen molar-refractivity contribution < 1.29 is 9.59 Å². The van der Waals surface area contributed by atoms with E-state index in [2.05, 4.69) is 0 Å². The maximum absolute atomic E-state index is 13.2. The summed E-state index contributed by atoms with van der Waals surface area (Å²) in [4.78, 5) is 30.8. The summed E-state index contributed by atoms with van der Waals surface area (Å²) in [7, 11) is 0. The van der Waals surface area contributed by atoms with Gasteiger partial charge in [-0.05, 0) is 42.7 Å². The van der Waals surface area contributed by atoms with Crippen LogP contribution in [0.1, 0.15) is 18.4 Å². The number of rotatable bonds is 3. The first kappa shape index (κ1) is 18.1. The zero-order valence-electron chi connectivity index (χ0n) is 14.7. The molecule has 0 spiro atoms. The summed E-state index contributed by atoms with van der Waals surface area (Å²) in [5.41, 5.74) is 1.58. The standard InChI is InChI=1S/C21H19ClN2O2S/c22-16-8-2-1-7-15(16)13-19-21(26)24(14-20(25)23-11-5-6-12-23)17-9-3-4-10-18(17)27-19/h1-4,7-10,13H,5-6,11-12,14H2. The minimum Gasteiger partial charge on any atom is -0.341 e. The topological polar surface area (TPSA) is 40.6 Å². The van der Waals surface area contributed by atoms with Crippen molar-refractivity contribution in [3.63, 3.8) is 0 Å². The van der Waals surface area contributed by atoms with Crippen molar-refractivity contribution in [2.45, 2.75) is 17.7 Å². The van der Waals surface area contributed by atoms with Crippen molar-refractivity contribution in [1.82, 2.24) is 4.90 Å². The van der Waals surface area contributed by atoms with Crippen LogP contribution in [0, 0.1) is 0 Å². The third-order valence-electron chi connectivity index (χ3n) is 4.78. The molecule has 1 saturated heterocycles. The predicted molar refractivity (Wildman–Crippen MR) is 110 cm³/mol. The Labute approximate surface area is 167 Å². The number of hydrogen-bond acceptors (Lipinski definition) is 3. The second kappa shape index (κ2) is 7.79. The van der Waals surface area contributed by atoms with Crippen LogP contribution in [-0.4, -0.2) is 36.3 Å². The van der Waals surface area contributed by atoms with E-state index in [1.165, 1.54) is 11.8 Å². The number of likely N-dealkylation sites (tertiary alicyclic amines) is 1. The number of anilines is 1. The van der Waals surface area contributed by atoms with Crippen LogP contribution in [0.2, 0.25) is 5.02 Å². The van der Waals surface area contributed by atoms with Crippen molar-refractivity contribution >= 4 is 46.9 Å². The van der Waals surface area contributed by atoms with E-state index in [9.17, 15) is 9.59 Å². The first-order chi connectivity index (χ1) is 13.1. The van der Waals surface area contributed by atoms with Gasteiger partial charge in [0.05, 0.1) is 10.6 Å². The van der Waals surface area contributed by atoms with E-state index in [-0.39, 0.29) is 18.4 Å². The molecule has 1 fully saturated rings. The molecule has 2 aliphatic rings. The lowest BCUT2D eigenvalue weighted by molar-refractivity contribution is -0.130. The summed E-state index contributed by atoms with van der Waals surface area (Å²) in [5.74, 6) is -0.161. The van der Waals surface area contributed by atoms with E-state index in [1.807, 2.05) is 47.4 Å². The maximum atomic E-state index is 13.2. The molecule has 0 saturated carbocycles. The van der Waals surface area contributed by atoms with Gasteiger partial charge in [0.1, 0.15) is 6.54 Å². The average Bonchev–Trinajstić information content (AvgIpc) is 3.21. The van der Waals surface area contributed by atoms with Gasteiger partial charge >= 0.3 is 0 Å². The molecule has 4 nitrogen and oxygen atoms in total. The molecule has 4 rings (SSSR count). The highest BCUT2D eigenvalue weighted by molar-refractivity contribution is 8.04. The molecule has 2 amide bonds. The van der Waals surface area contributed by atoms with Gasteiger partial charge in [0.2, 0.25) is 5.91 Å². The Bertz CT molecular complexity index is 922. The molecule has 0 atom stereocenters. The third-order valence-corrected chi connectivity index (χ3v) is 6.20. The second-order valence-electron chi connectivity index (χ2n) is 6.58. The van der Waals surface area contributed by atoms with Gasteiger partial charge in [0.15, 0.2) is 0 Å². The summed E-state index contributed by atoms with van der Waals surface area (Å²) in [5, 5.41) is 0.594. The van der Waals surface area contributed by atoms with Crippen LogP contribution < -0.4 is 4.90 Å². The van der Waals surface area contributed by atoms with Crippen LogP contribution >= 0.6 is 23.4 Å². The number of benzene rings is 2. The zero-order chi connectivity index (χ0) is 18.8. The Morgan fingerprint density at radius 3 is 2.56 bits per heavy atom. The molecule has 0 N–H and O–H groups in total. The Kier molecular flexibility index (Phi) is 5.23. The quantitative estimate of drug-likeness (QED) is 0.717. The maximum Gasteiger partial charge on any atom is 0.265 e. The first-order valence-corrected chi connectivity index (χ1v) is 10.2. The number of carbonyl (C=O) groups excluding carboxylic acids is 2. The summed E-state index contributed by atoms with van der Waals surface area (Å²) in [6, 6.07) is 15.1. The highest BCUT2D eigenvalue weighted by atomic mass is 35.5. The summed E-state index contributed by atoms with van der Waals surface area (Å²) >= 11 is 7.68. The van der Waals surface area contributed by atoms with E-state index in [0.29, 0.717) is 9.93 Å². The highest BCUT2D eigenvalue weighted by Gasteiger charge is 2.32. The van der Waals surface area contributed by atoms with E-state index >= 15 is 0 Å². The molecule has 0 aromatic heterocycles. The lowest BCUT2D eigenvalue weighted by Crippen LogP contribution is -2.43. The van der Waals surface area contributed by atoms with Gasteiger partial charge < -0.3 is 4.90 Å². The fraction of sp³-hybridized carbons (Fsp3) is 0.238. The number of amides is 2. The number of para-hydroxylation sites is 1. The number of thioether (sulfide) groups is 1. The van der Waals surface area contributed by atoms with Crippen molar-refractivity contribution in [3.05, 3.63) is 64.0 Å². The van der Waals surface area contributed by atoms with Crippen LogP contribution in [0.15, 0.2) is 58.3 Å². The lowest BCUT2D eigenvalue weighted by Gasteiger charge is -2.31. The van der Waals surface area contributed by atoms with Crippen LogP contribution in [0.3, 0.4) is 0 Å². The molecule has 0 bridgehead atoms. The van der Waals surface area contributed by atoms with Crippen LogP contribution in [0.25, 0.3) is 6.08 Å². The Balaban J connectivity index is 1.68. The van der Waals surface area contributed by atoms with Gasteiger partial charge in [-0.3, -0.25) is 14.5 Å². The fourth-order valence-corrected chi connectivity index (χ4v) is 4.59. The van der Waals surface area contributed by atoms with Gasteiger partial charge in [-0.2, -0.15) is 0 Å². The van der Waals surface area contributed by atoms with Crippen molar-refractivity contribution in [1.29, 1.82) is 0 Å². The monoisotopic (exact) mass is 398 g/mol. The summed E-state index contributed by atoms with van der Waals surface area (Å²) in [6.07, 6.45) is 3.87. The molecule has 27 heavy (non-hydrogen) atoms. The van der Waals surface area contributed by atoms with Crippen molar-refractivity contribution in [3.8, 4) is 0 Å². The van der Waals surface area contributed by atoms with E-state index in [4.69, 9.17) is 11.6 Å². The molecule has 0 aliphatic carbocycles. The normalized spacial score (nSPS) is 18.1. The predicted octanol–water partition coefficient (Wildman–Crippen LogP) is 4.44. The molecule has 0 unspecified atom stereocenters. The van der Waals surface area contributed by atoms with Crippen LogP contribution in [0.5, 0.6) is 0 Å². The number of halogens is 1. The van der Waals surface area contributed by atoms with Crippen molar-refractivity contribution in [2.24, 2.45) is 0 Å². The Morgan fingerprint density at radius 1 is 1.07 bits per heavy atom. The second-order valence-corrected chi connectivity index (χ2v) is 8.07. The smallest absolute Gasteiger partial charge is 0.265 e. The van der Waals surface area contributed by atoms with Gasteiger partial charge in [-0.1, -0.05) is 53.7 Å². The average molecular weight is 399 g/mol. The number of carbonyl (C=O) groups is 2. The van der Waals surface area contributed by atoms with Crippen LogP contribution in [0.4, 0.5) is 5.69 Å². The van der Waals surface area contributed by atoms with Gasteiger partial charge in [-0.25, -0.2) is 0 Å². The number of nitrogens with zero attached hydrogens (tertiary/aromatic N) is 2. The van der Waals surface area contributed by atoms with Gasteiger partial charge in [-0.15, -0.1) is 0 Å². The SMILES string of the molecule is O=C(CN1C(=O)C(=Cc2ccccc2Cl)Sc2ccccc21)N1CCCC1. The fourth-order valence-electron chi connectivity index (χ4n) is 3.35. The van der Waals surface area contributed by atoms with E-state index in [0.717, 1.165) is 42.1 Å². The molecule has 2 aromatic rings. The summed E-state index contributed by atoms with van der Waals surface area (Å²) < 4.78 is 0. The minimum absolute atomic E-state index is 0.000327. The van der Waals surface area contributed by atoms with E-state index in [1.54, 1.807) is 17.0 Å². The van der Waals surface area contributed by atoms with Gasteiger partial charge in [0.25, 0.3) is 5.91 Å². The molecule has 138 valence electrons. The van der Waals surface area contributed by atoms with Gasteiger partial charge in [0, 0.05) is 23.0 Å². The van der Waals surface area contributed by atoms with Crippen LogP contribution in [-0.2, 0) is 9.59 Å². The lowest BCUT2D eigenvalue weighted by atomic mass is 10.2. The number of fused-ring (bicyclic) bond motifs is 1. The summed E-state index contributed by atoms with van der Waals surface area (Å²) in [6.45, 7) is 1.62.